The van der Waals surface area contributed by atoms with Gasteiger partial charge in [0.25, 0.3) is 0 Å². The zero-order valence-corrected chi connectivity index (χ0v) is 4.00. The quantitative estimate of drug-likeness (QED) is 0.267. The highest BCUT2D eigenvalue weighted by molar-refractivity contribution is 4.58. The first-order chi connectivity index (χ1) is 3.31. The summed E-state index contributed by atoms with van der Waals surface area (Å²) in [5, 5.41) is 15.5. The second-order valence-electron chi connectivity index (χ2n) is 1.23. The Morgan fingerprint density at radius 3 is 1.86 bits per heavy atom. The zero-order valence-electron chi connectivity index (χ0n) is 4.00. The maximum absolute atomic E-state index is 6.62. The number of rotatable bonds is 0. The molecule has 0 saturated carbocycles. The average molecular weight is 108 g/mol. The first-order valence-corrected chi connectivity index (χ1v) is 1.88. The van der Waals surface area contributed by atoms with Crippen molar-refractivity contribution in [2.24, 2.45) is 0 Å². The lowest BCUT2D eigenvalue weighted by Gasteiger charge is -1.56. The number of epoxide rings is 1. The number of ether oxygens (including phenoxy) is 1. The summed E-state index contributed by atoms with van der Waals surface area (Å²) in [6, 6.07) is 0. The van der Waals surface area contributed by atoms with Crippen LogP contribution in [0.25, 0.3) is 0 Å². The third-order valence-corrected chi connectivity index (χ3v) is 0.500. The Morgan fingerprint density at radius 2 is 1.86 bits per heavy atom. The predicted molar refractivity (Wildman–Crippen MR) is 21.8 cm³/mol. The molecule has 1 aliphatic rings. The monoisotopic (exact) mass is 108 g/mol. The lowest BCUT2D eigenvalue weighted by Crippen LogP contribution is -1.60. The van der Waals surface area contributed by atoms with E-state index >= 15 is 0 Å². The summed E-state index contributed by atoms with van der Waals surface area (Å²) in [7, 11) is 0. The van der Waals surface area contributed by atoms with Crippen LogP contribution >= 0.6 is 0 Å². The Labute approximate surface area is 41.1 Å². The lowest BCUT2D eigenvalue weighted by molar-refractivity contribution is -0.465. The molecular formula is C3H8O4. The molecular weight excluding hydrogens is 100 g/mol. The average Bonchev–Trinajstić information content (AvgIpc) is 2.25. The maximum atomic E-state index is 6.62. The van der Waals surface area contributed by atoms with E-state index in [0.29, 0.717) is 6.10 Å². The molecule has 0 radical (unpaired) electrons. The van der Waals surface area contributed by atoms with E-state index < -0.39 is 0 Å². The highest BCUT2D eigenvalue weighted by Crippen LogP contribution is 2.04. The van der Waals surface area contributed by atoms with Gasteiger partial charge in [-0.3, -0.25) is 0 Å². The van der Waals surface area contributed by atoms with Gasteiger partial charge in [0.15, 0.2) is 0 Å². The molecule has 1 atom stereocenters. The van der Waals surface area contributed by atoms with Crippen LogP contribution in [0.4, 0.5) is 0 Å². The van der Waals surface area contributed by atoms with Crippen molar-refractivity contribution in [1.82, 2.24) is 0 Å². The maximum Gasteiger partial charge on any atom is 0.0781 e. The summed E-state index contributed by atoms with van der Waals surface area (Å²) in [6.45, 7) is 3.04. The minimum absolute atomic E-state index is 0.583. The Hall–Kier alpha value is -0.160. The minimum atomic E-state index is 0.583. The Morgan fingerprint density at radius 1 is 1.71 bits per heavy atom. The SMILES string of the molecule is CC1CO1.OOO. The van der Waals surface area contributed by atoms with Crippen molar-refractivity contribution >= 4 is 0 Å². The molecule has 2 N–H and O–H groups in total. The van der Waals surface area contributed by atoms with Crippen molar-refractivity contribution in [1.29, 1.82) is 0 Å². The van der Waals surface area contributed by atoms with Crippen molar-refractivity contribution in [3.05, 3.63) is 0 Å². The van der Waals surface area contributed by atoms with Gasteiger partial charge in [0.1, 0.15) is 0 Å². The van der Waals surface area contributed by atoms with Crippen LogP contribution in [-0.2, 0) is 9.78 Å². The summed E-state index contributed by atoms with van der Waals surface area (Å²) in [5.41, 5.74) is 0. The molecule has 0 aromatic carbocycles. The summed E-state index contributed by atoms with van der Waals surface area (Å²) in [4.78, 5) is 0. The molecule has 1 aliphatic heterocycles. The third-order valence-electron chi connectivity index (χ3n) is 0.500. The largest absolute Gasteiger partial charge is 0.373 e. The molecule has 0 aromatic rings. The molecule has 1 fully saturated rings. The van der Waals surface area contributed by atoms with E-state index in [1.807, 2.05) is 0 Å². The van der Waals surface area contributed by atoms with Crippen LogP contribution < -0.4 is 0 Å². The summed E-state index contributed by atoms with van der Waals surface area (Å²) in [5.74, 6) is 0. The summed E-state index contributed by atoms with van der Waals surface area (Å²) < 4.78 is 4.71. The van der Waals surface area contributed by atoms with Crippen molar-refractivity contribution < 1.29 is 20.3 Å². The van der Waals surface area contributed by atoms with E-state index in [9.17, 15) is 0 Å². The molecule has 4 heteroatoms. The van der Waals surface area contributed by atoms with Crippen LogP contribution in [0, 0.1) is 0 Å². The molecule has 1 saturated heterocycles. The van der Waals surface area contributed by atoms with E-state index in [1.165, 1.54) is 0 Å². The van der Waals surface area contributed by atoms with Gasteiger partial charge in [-0.15, -0.1) is 0 Å². The van der Waals surface area contributed by atoms with Gasteiger partial charge >= 0.3 is 0 Å². The van der Waals surface area contributed by atoms with Gasteiger partial charge in [-0.25, -0.2) is 10.5 Å². The van der Waals surface area contributed by atoms with Crippen molar-refractivity contribution in [2.45, 2.75) is 13.0 Å². The molecule has 0 spiro atoms. The standard InChI is InChI=1S/C3H6O.H2O3/c1-3-2-4-3;1-3-2/h3H,2H2,1H3;1-2H. The molecule has 1 unspecified atom stereocenters. The highest BCUT2D eigenvalue weighted by Gasteiger charge is 2.13. The lowest BCUT2D eigenvalue weighted by atomic mass is 10.6. The first kappa shape index (κ1) is 6.84. The molecule has 0 amide bonds. The van der Waals surface area contributed by atoms with Crippen LogP contribution in [-0.4, -0.2) is 23.2 Å². The van der Waals surface area contributed by atoms with Crippen LogP contribution in [0.5, 0.6) is 0 Å². The number of hydrogen-bond donors (Lipinski definition) is 2. The van der Waals surface area contributed by atoms with Gasteiger partial charge in [0.05, 0.1) is 12.7 Å². The molecule has 0 aromatic heterocycles. The minimum Gasteiger partial charge on any atom is -0.373 e. The van der Waals surface area contributed by atoms with Crippen LogP contribution in [0.2, 0.25) is 0 Å². The van der Waals surface area contributed by atoms with Gasteiger partial charge in [0, 0.05) is 0 Å². The number of hydrogen-bond acceptors (Lipinski definition) is 4. The van der Waals surface area contributed by atoms with E-state index in [0.717, 1.165) is 6.61 Å². The predicted octanol–water partition coefficient (Wildman–Crippen LogP) is 0.354. The summed E-state index contributed by atoms with van der Waals surface area (Å²) in [6.07, 6.45) is 0.583. The van der Waals surface area contributed by atoms with Crippen LogP contribution in [0.15, 0.2) is 0 Å². The van der Waals surface area contributed by atoms with Gasteiger partial charge in [0.2, 0.25) is 0 Å². The van der Waals surface area contributed by atoms with Crippen LogP contribution in [0.1, 0.15) is 6.92 Å². The van der Waals surface area contributed by atoms with Gasteiger partial charge in [-0.2, -0.15) is 0 Å². The Bertz CT molecular complexity index is 33.9. The van der Waals surface area contributed by atoms with Crippen molar-refractivity contribution in [3.63, 3.8) is 0 Å². The normalized spacial score (nSPS) is 25.3. The second-order valence-corrected chi connectivity index (χ2v) is 1.23. The molecule has 4 nitrogen and oxygen atoms in total. The fraction of sp³-hybridized carbons (Fsp3) is 1.00. The molecule has 7 heavy (non-hydrogen) atoms. The van der Waals surface area contributed by atoms with Gasteiger partial charge in [-0.1, -0.05) is 5.04 Å². The van der Waals surface area contributed by atoms with E-state index in [1.54, 1.807) is 0 Å². The fourth-order valence-electron chi connectivity index (χ4n) is 0.0962. The molecule has 0 bridgehead atoms. The Balaban J connectivity index is 0.000000110. The van der Waals surface area contributed by atoms with E-state index in [2.05, 4.69) is 12.0 Å². The van der Waals surface area contributed by atoms with E-state index in [4.69, 9.17) is 15.3 Å². The molecule has 1 heterocycles. The van der Waals surface area contributed by atoms with Gasteiger partial charge in [-0.05, 0) is 6.92 Å². The fourth-order valence-corrected chi connectivity index (χ4v) is 0.0962. The molecule has 44 valence electrons. The smallest absolute Gasteiger partial charge is 0.0781 e. The van der Waals surface area contributed by atoms with Crippen molar-refractivity contribution in [3.8, 4) is 0 Å². The highest BCUT2D eigenvalue weighted by atomic mass is 17.4. The topological polar surface area (TPSA) is 62.2 Å². The summed E-state index contributed by atoms with van der Waals surface area (Å²) >= 11 is 0. The zero-order chi connectivity index (χ0) is 5.70. The first-order valence-electron chi connectivity index (χ1n) is 1.88. The second kappa shape index (κ2) is 4.01. The van der Waals surface area contributed by atoms with E-state index in [-0.39, 0.29) is 0 Å². The van der Waals surface area contributed by atoms with Crippen LogP contribution in [0.3, 0.4) is 0 Å². The molecule has 1 rings (SSSR count). The Kier molecular flexibility index (Phi) is 3.92. The van der Waals surface area contributed by atoms with Crippen molar-refractivity contribution in [2.75, 3.05) is 6.61 Å². The molecule has 0 aliphatic carbocycles. The third kappa shape index (κ3) is 10.7. The van der Waals surface area contributed by atoms with Gasteiger partial charge < -0.3 is 4.74 Å².